The Morgan fingerprint density at radius 1 is 1.15 bits per heavy atom. The van der Waals surface area contributed by atoms with Gasteiger partial charge in [0.1, 0.15) is 11.5 Å². The van der Waals surface area contributed by atoms with Gasteiger partial charge < -0.3 is 5.32 Å². The number of nitrogens with one attached hydrogen (secondary N) is 1. The normalized spacial score (nSPS) is 14.1. The summed E-state index contributed by atoms with van der Waals surface area (Å²) in [5.74, 6) is -0.600. The third-order valence-electron chi connectivity index (χ3n) is 3.57. The molecule has 0 radical (unpaired) electrons. The molecule has 1 aliphatic carbocycles. The summed E-state index contributed by atoms with van der Waals surface area (Å²) >= 11 is 0. The lowest BCUT2D eigenvalue weighted by atomic mass is 10.1. The first-order chi connectivity index (χ1) is 9.63. The van der Waals surface area contributed by atoms with Crippen LogP contribution in [0.25, 0.3) is 0 Å². The lowest BCUT2D eigenvalue weighted by molar-refractivity contribution is -0.384. The standard InChI is InChI=1S/C15H13FN2O2/c16-12-5-6-14(15(9-12)18(19)20)17-13-7-10-3-1-2-4-11(10)8-13/h1-6,9,13,17H,7-8H2. The first-order valence-corrected chi connectivity index (χ1v) is 6.41. The summed E-state index contributed by atoms with van der Waals surface area (Å²) in [5.41, 5.74) is 2.67. The van der Waals surface area contributed by atoms with Crippen molar-refractivity contribution in [2.75, 3.05) is 5.32 Å². The van der Waals surface area contributed by atoms with E-state index < -0.39 is 10.7 Å². The van der Waals surface area contributed by atoms with Gasteiger partial charge in [0.2, 0.25) is 0 Å². The molecule has 0 amide bonds. The van der Waals surface area contributed by atoms with Gasteiger partial charge in [0.25, 0.3) is 5.69 Å². The van der Waals surface area contributed by atoms with Crippen molar-refractivity contribution in [2.24, 2.45) is 0 Å². The molecule has 2 aromatic carbocycles. The zero-order valence-corrected chi connectivity index (χ0v) is 10.7. The summed E-state index contributed by atoms with van der Waals surface area (Å²) in [6.45, 7) is 0. The van der Waals surface area contributed by atoms with Gasteiger partial charge >= 0.3 is 0 Å². The summed E-state index contributed by atoms with van der Waals surface area (Å²) in [4.78, 5) is 10.4. The van der Waals surface area contributed by atoms with Gasteiger partial charge in [-0.05, 0) is 36.1 Å². The smallest absolute Gasteiger partial charge is 0.295 e. The SMILES string of the molecule is O=[N+]([O-])c1cc(F)ccc1NC1Cc2ccccc2C1. The molecule has 1 N–H and O–H groups in total. The largest absolute Gasteiger partial charge is 0.376 e. The summed E-state index contributed by atoms with van der Waals surface area (Å²) in [6, 6.07) is 11.8. The number of fused-ring (bicyclic) bond motifs is 1. The molecule has 20 heavy (non-hydrogen) atoms. The van der Waals surface area contributed by atoms with E-state index in [0.29, 0.717) is 5.69 Å². The quantitative estimate of drug-likeness (QED) is 0.689. The molecular weight excluding hydrogens is 259 g/mol. The molecule has 4 nitrogen and oxygen atoms in total. The monoisotopic (exact) mass is 272 g/mol. The lowest BCUT2D eigenvalue weighted by Gasteiger charge is -2.13. The molecular formula is C15H13FN2O2. The topological polar surface area (TPSA) is 55.2 Å². The van der Waals surface area contributed by atoms with Crippen molar-refractivity contribution in [1.82, 2.24) is 0 Å². The molecule has 0 fully saturated rings. The van der Waals surface area contributed by atoms with E-state index in [9.17, 15) is 14.5 Å². The molecule has 2 aromatic rings. The molecule has 0 bridgehead atoms. The lowest BCUT2D eigenvalue weighted by Crippen LogP contribution is -2.20. The molecule has 0 aliphatic heterocycles. The van der Waals surface area contributed by atoms with Crippen LogP contribution >= 0.6 is 0 Å². The van der Waals surface area contributed by atoms with Crippen LogP contribution in [-0.4, -0.2) is 11.0 Å². The minimum absolute atomic E-state index is 0.108. The minimum atomic E-state index is -0.600. The van der Waals surface area contributed by atoms with Gasteiger partial charge in [0, 0.05) is 6.04 Å². The van der Waals surface area contributed by atoms with Gasteiger partial charge in [0.15, 0.2) is 0 Å². The number of hydrogen-bond donors (Lipinski definition) is 1. The molecule has 5 heteroatoms. The van der Waals surface area contributed by atoms with Gasteiger partial charge in [0.05, 0.1) is 11.0 Å². The second kappa shape index (κ2) is 4.92. The summed E-state index contributed by atoms with van der Waals surface area (Å²) in [6.07, 6.45) is 1.65. The molecule has 0 aromatic heterocycles. The number of hydrogen-bond acceptors (Lipinski definition) is 3. The van der Waals surface area contributed by atoms with Gasteiger partial charge in [-0.1, -0.05) is 24.3 Å². The number of anilines is 1. The van der Waals surface area contributed by atoms with Gasteiger partial charge in [-0.15, -0.1) is 0 Å². The maximum Gasteiger partial charge on any atom is 0.295 e. The summed E-state index contributed by atoms with van der Waals surface area (Å²) in [5, 5.41) is 14.1. The van der Waals surface area contributed by atoms with Crippen LogP contribution in [0.15, 0.2) is 42.5 Å². The van der Waals surface area contributed by atoms with Crippen molar-refractivity contribution >= 4 is 11.4 Å². The maximum atomic E-state index is 13.1. The predicted octanol–water partition coefficient (Wildman–Crippen LogP) is 3.31. The Hall–Kier alpha value is -2.43. The van der Waals surface area contributed by atoms with E-state index in [1.165, 1.54) is 23.3 Å². The third-order valence-corrected chi connectivity index (χ3v) is 3.57. The zero-order valence-electron chi connectivity index (χ0n) is 10.7. The molecule has 0 spiro atoms. The number of benzene rings is 2. The van der Waals surface area contributed by atoms with E-state index in [0.717, 1.165) is 18.9 Å². The average Bonchev–Trinajstić information content (AvgIpc) is 2.82. The van der Waals surface area contributed by atoms with Crippen molar-refractivity contribution < 1.29 is 9.31 Å². The fourth-order valence-corrected chi connectivity index (χ4v) is 2.66. The first-order valence-electron chi connectivity index (χ1n) is 6.41. The third kappa shape index (κ3) is 2.34. The zero-order chi connectivity index (χ0) is 14.1. The number of nitrogens with zero attached hydrogens (tertiary/aromatic N) is 1. The number of nitro benzene ring substituents is 1. The van der Waals surface area contributed by atoms with Crippen LogP contribution in [0.1, 0.15) is 11.1 Å². The Kier molecular flexibility index (Phi) is 3.10. The van der Waals surface area contributed by atoms with E-state index >= 15 is 0 Å². The van der Waals surface area contributed by atoms with Crippen molar-refractivity contribution in [2.45, 2.75) is 18.9 Å². The molecule has 0 unspecified atom stereocenters. The highest BCUT2D eigenvalue weighted by molar-refractivity contribution is 5.62. The Labute approximate surface area is 115 Å². The molecule has 1 aliphatic rings. The van der Waals surface area contributed by atoms with Crippen molar-refractivity contribution in [3.05, 3.63) is 69.5 Å². The molecule has 0 atom stereocenters. The van der Waals surface area contributed by atoms with Crippen molar-refractivity contribution in [3.8, 4) is 0 Å². The van der Waals surface area contributed by atoms with E-state index in [1.54, 1.807) is 0 Å². The van der Waals surface area contributed by atoms with Crippen LogP contribution in [0, 0.1) is 15.9 Å². The summed E-state index contributed by atoms with van der Waals surface area (Å²) < 4.78 is 13.1. The second-order valence-electron chi connectivity index (χ2n) is 4.94. The predicted molar refractivity (Wildman–Crippen MR) is 74.3 cm³/mol. The van der Waals surface area contributed by atoms with E-state index in [4.69, 9.17) is 0 Å². The Morgan fingerprint density at radius 2 is 1.80 bits per heavy atom. The highest BCUT2D eigenvalue weighted by Gasteiger charge is 2.23. The fourth-order valence-electron chi connectivity index (χ4n) is 2.66. The number of rotatable bonds is 3. The van der Waals surface area contributed by atoms with Crippen LogP contribution in [0.2, 0.25) is 0 Å². The molecule has 0 heterocycles. The van der Waals surface area contributed by atoms with Gasteiger partial charge in [-0.2, -0.15) is 0 Å². The second-order valence-corrected chi connectivity index (χ2v) is 4.94. The van der Waals surface area contributed by atoms with Crippen LogP contribution in [0.3, 0.4) is 0 Å². The summed E-state index contributed by atoms with van der Waals surface area (Å²) in [7, 11) is 0. The number of nitro groups is 1. The highest BCUT2D eigenvalue weighted by Crippen LogP contribution is 2.29. The van der Waals surface area contributed by atoms with Gasteiger partial charge in [-0.25, -0.2) is 4.39 Å². The van der Waals surface area contributed by atoms with Crippen molar-refractivity contribution in [3.63, 3.8) is 0 Å². The van der Waals surface area contributed by atoms with Crippen molar-refractivity contribution in [1.29, 1.82) is 0 Å². The van der Waals surface area contributed by atoms with E-state index in [-0.39, 0.29) is 11.7 Å². The Balaban J connectivity index is 1.82. The average molecular weight is 272 g/mol. The molecule has 0 saturated carbocycles. The molecule has 3 rings (SSSR count). The molecule has 102 valence electrons. The Morgan fingerprint density at radius 3 is 2.40 bits per heavy atom. The van der Waals surface area contributed by atoms with E-state index in [2.05, 4.69) is 17.4 Å². The van der Waals surface area contributed by atoms with E-state index in [1.807, 2.05) is 12.1 Å². The Bertz CT molecular complexity index is 648. The highest BCUT2D eigenvalue weighted by atomic mass is 19.1. The van der Waals surface area contributed by atoms with Crippen LogP contribution in [-0.2, 0) is 12.8 Å². The maximum absolute atomic E-state index is 13.1. The van der Waals surface area contributed by atoms with Crippen LogP contribution in [0.4, 0.5) is 15.8 Å². The van der Waals surface area contributed by atoms with Gasteiger partial charge in [-0.3, -0.25) is 10.1 Å². The van der Waals surface area contributed by atoms with Crippen LogP contribution < -0.4 is 5.32 Å². The first kappa shape index (κ1) is 12.6. The number of halogens is 1. The minimum Gasteiger partial charge on any atom is -0.376 e. The molecule has 0 saturated heterocycles. The van der Waals surface area contributed by atoms with Crippen LogP contribution in [0.5, 0.6) is 0 Å². The fraction of sp³-hybridized carbons (Fsp3) is 0.200.